The number of nitrogens with one attached hydrogen (secondary N) is 1. The molecule has 2 unspecified atom stereocenters. The first-order valence-corrected chi connectivity index (χ1v) is 9.32. The smallest absolute Gasteiger partial charge is 0.214 e. The minimum atomic E-state index is -0.636. The first-order chi connectivity index (χ1) is 12.6. The van der Waals surface area contributed by atoms with Gasteiger partial charge in [0.25, 0.3) is 0 Å². The lowest BCUT2D eigenvalue weighted by molar-refractivity contribution is 0.329. The van der Waals surface area contributed by atoms with Gasteiger partial charge in [-0.25, -0.2) is 4.39 Å². The van der Waals surface area contributed by atoms with E-state index in [1.807, 2.05) is 0 Å². The Morgan fingerprint density at radius 1 is 1.04 bits per heavy atom. The van der Waals surface area contributed by atoms with Crippen LogP contribution in [0.3, 0.4) is 0 Å². The third-order valence-electron chi connectivity index (χ3n) is 5.64. The van der Waals surface area contributed by atoms with E-state index in [2.05, 4.69) is 54.7 Å². The van der Waals surface area contributed by atoms with Crippen LogP contribution in [0, 0.1) is 5.82 Å². The van der Waals surface area contributed by atoms with Crippen LogP contribution in [0.25, 0.3) is 10.8 Å². The number of benzene rings is 3. The molecule has 0 bridgehead atoms. The Kier molecular flexibility index (Phi) is 4.64. The SMILES string of the molecule is C[C@@H](NC1CCC(c2ccc([O])c(F)c2)C1)c1cccc2ccccc12. The summed E-state index contributed by atoms with van der Waals surface area (Å²) in [5.74, 6) is -0.837. The maximum absolute atomic E-state index is 13.6. The van der Waals surface area contributed by atoms with Gasteiger partial charge in [-0.05, 0) is 66.1 Å². The second-order valence-electron chi connectivity index (χ2n) is 7.35. The second-order valence-corrected chi connectivity index (χ2v) is 7.35. The van der Waals surface area contributed by atoms with Crippen molar-refractivity contribution in [1.29, 1.82) is 0 Å². The Morgan fingerprint density at radius 2 is 1.85 bits per heavy atom. The predicted octanol–water partition coefficient (Wildman–Crippen LogP) is 6.11. The summed E-state index contributed by atoms with van der Waals surface area (Å²) < 4.78 is 13.6. The van der Waals surface area contributed by atoms with Crippen molar-refractivity contribution >= 4 is 10.8 Å². The molecule has 0 saturated heterocycles. The fraction of sp³-hybridized carbons (Fsp3) is 0.304. The first kappa shape index (κ1) is 17.0. The molecular weight excluding hydrogens is 325 g/mol. The molecule has 0 spiro atoms. The van der Waals surface area contributed by atoms with Gasteiger partial charge in [0.15, 0.2) is 5.82 Å². The van der Waals surface area contributed by atoms with E-state index in [0.29, 0.717) is 12.0 Å². The van der Waals surface area contributed by atoms with Gasteiger partial charge < -0.3 is 5.32 Å². The molecule has 0 heterocycles. The zero-order valence-electron chi connectivity index (χ0n) is 14.9. The van der Waals surface area contributed by atoms with Crippen molar-refractivity contribution in [1.82, 2.24) is 5.32 Å². The average molecular weight is 348 g/mol. The molecule has 1 aliphatic carbocycles. The Balaban J connectivity index is 1.47. The molecule has 1 fully saturated rings. The maximum Gasteiger partial charge on any atom is 0.214 e. The summed E-state index contributed by atoms with van der Waals surface area (Å²) in [5.41, 5.74) is 2.26. The van der Waals surface area contributed by atoms with Gasteiger partial charge in [-0.1, -0.05) is 48.5 Å². The average Bonchev–Trinajstić information content (AvgIpc) is 3.12. The van der Waals surface area contributed by atoms with Crippen LogP contribution in [0.4, 0.5) is 4.39 Å². The molecule has 133 valence electrons. The lowest BCUT2D eigenvalue weighted by atomic mass is 9.96. The molecule has 26 heavy (non-hydrogen) atoms. The molecule has 4 rings (SSSR count). The van der Waals surface area contributed by atoms with Crippen LogP contribution in [0.15, 0.2) is 60.7 Å². The number of halogens is 1. The Hall–Kier alpha value is -2.39. The number of rotatable bonds is 4. The zero-order valence-corrected chi connectivity index (χ0v) is 14.9. The Bertz CT molecular complexity index is 918. The molecule has 2 nitrogen and oxygen atoms in total. The van der Waals surface area contributed by atoms with Gasteiger partial charge in [0.2, 0.25) is 5.75 Å². The Morgan fingerprint density at radius 3 is 2.69 bits per heavy atom. The highest BCUT2D eigenvalue weighted by Crippen LogP contribution is 2.37. The van der Waals surface area contributed by atoms with E-state index in [1.165, 1.54) is 28.5 Å². The fourth-order valence-corrected chi connectivity index (χ4v) is 4.28. The summed E-state index contributed by atoms with van der Waals surface area (Å²) >= 11 is 0. The van der Waals surface area contributed by atoms with Crippen molar-refractivity contribution in [3.05, 3.63) is 77.6 Å². The maximum atomic E-state index is 13.6. The van der Waals surface area contributed by atoms with Gasteiger partial charge in [-0.15, -0.1) is 0 Å². The van der Waals surface area contributed by atoms with Crippen LogP contribution < -0.4 is 5.32 Å². The first-order valence-electron chi connectivity index (χ1n) is 9.32. The summed E-state index contributed by atoms with van der Waals surface area (Å²) in [4.78, 5) is 0. The van der Waals surface area contributed by atoms with Crippen molar-refractivity contribution < 1.29 is 9.50 Å². The topological polar surface area (TPSA) is 31.9 Å². The quantitative estimate of drug-likeness (QED) is 0.606. The Labute approximate surface area is 153 Å². The van der Waals surface area contributed by atoms with E-state index < -0.39 is 11.6 Å². The molecule has 0 aliphatic heterocycles. The molecule has 1 radical (unpaired) electrons. The summed E-state index contributed by atoms with van der Waals surface area (Å²) in [6, 6.07) is 20.1. The normalized spacial score (nSPS) is 21.2. The molecule has 1 saturated carbocycles. The minimum Gasteiger partial charge on any atom is -0.307 e. The minimum absolute atomic E-state index is 0.255. The van der Waals surface area contributed by atoms with Gasteiger partial charge in [0.1, 0.15) is 0 Å². The molecule has 0 amide bonds. The van der Waals surface area contributed by atoms with Crippen molar-refractivity contribution in [2.45, 2.75) is 44.2 Å². The van der Waals surface area contributed by atoms with E-state index in [1.54, 1.807) is 6.07 Å². The summed E-state index contributed by atoms with van der Waals surface area (Å²) in [6.45, 7) is 2.21. The number of hydrogen-bond acceptors (Lipinski definition) is 1. The molecule has 1 aliphatic rings. The van der Waals surface area contributed by atoms with Crippen molar-refractivity contribution in [3.8, 4) is 5.75 Å². The second kappa shape index (κ2) is 7.08. The van der Waals surface area contributed by atoms with Crippen molar-refractivity contribution in [2.24, 2.45) is 0 Å². The van der Waals surface area contributed by atoms with Gasteiger partial charge in [0, 0.05) is 12.1 Å². The monoisotopic (exact) mass is 348 g/mol. The van der Waals surface area contributed by atoms with Crippen LogP contribution in [-0.2, 0) is 5.11 Å². The summed E-state index contributed by atoms with van der Waals surface area (Å²) in [6.07, 6.45) is 3.07. The number of hydrogen-bond donors (Lipinski definition) is 1. The van der Waals surface area contributed by atoms with Crippen LogP contribution in [0.2, 0.25) is 0 Å². The third kappa shape index (κ3) is 3.32. The highest BCUT2D eigenvalue weighted by molar-refractivity contribution is 5.86. The van der Waals surface area contributed by atoms with E-state index in [4.69, 9.17) is 0 Å². The van der Waals surface area contributed by atoms with Gasteiger partial charge >= 0.3 is 0 Å². The van der Waals surface area contributed by atoms with E-state index in [-0.39, 0.29) is 6.04 Å². The number of fused-ring (bicyclic) bond motifs is 1. The fourth-order valence-electron chi connectivity index (χ4n) is 4.28. The molecule has 3 atom stereocenters. The molecule has 1 N–H and O–H groups in total. The molecule has 3 aromatic rings. The molecule has 3 aromatic carbocycles. The molecule has 3 heteroatoms. The van der Waals surface area contributed by atoms with Crippen LogP contribution >= 0.6 is 0 Å². The van der Waals surface area contributed by atoms with Gasteiger partial charge in [-0.3, -0.25) is 5.11 Å². The van der Waals surface area contributed by atoms with Crippen LogP contribution in [0.1, 0.15) is 49.3 Å². The van der Waals surface area contributed by atoms with E-state index >= 15 is 0 Å². The highest BCUT2D eigenvalue weighted by Gasteiger charge is 2.27. The lowest BCUT2D eigenvalue weighted by Gasteiger charge is -2.21. The van der Waals surface area contributed by atoms with Crippen LogP contribution in [0.5, 0.6) is 5.75 Å². The standard InChI is InChI=1S/C23H23FNO/c1-15(20-8-4-6-16-5-2-3-7-21(16)20)25-19-11-9-17(13-19)18-10-12-23(26)22(24)14-18/h2-8,10,12,14-15,17,19,25H,9,11,13H2,1H3/t15-,17?,19?/m1/s1. The third-order valence-corrected chi connectivity index (χ3v) is 5.64. The summed E-state index contributed by atoms with van der Waals surface area (Å²) in [5, 5.41) is 17.6. The van der Waals surface area contributed by atoms with Crippen molar-refractivity contribution in [3.63, 3.8) is 0 Å². The van der Waals surface area contributed by atoms with Crippen LogP contribution in [-0.4, -0.2) is 6.04 Å². The largest absolute Gasteiger partial charge is 0.307 e. The summed E-state index contributed by atoms with van der Waals surface area (Å²) in [7, 11) is 0. The molecule has 0 aromatic heterocycles. The molecular formula is C23H23FNO. The highest BCUT2D eigenvalue weighted by atomic mass is 19.1. The lowest BCUT2D eigenvalue weighted by Crippen LogP contribution is -2.29. The van der Waals surface area contributed by atoms with E-state index in [9.17, 15) is 9.50 Å². The van der Waals surface area contributed by atoms with E-state index in [0.717, 1.165) is 24.8 Å². The van der Waals surface area contributed by atoms with Gasteiger partial charge in [-0.2, -0.15) is 0 Å². The van der Waals surface area contributed by atoms with Crippen molar-refractivity contribution in [2.75, 3.05) is 0 Å². The zero-order chi connectivity index (χ0) is 18.1. The van der Waals surface area contributed by atoms with Gasteiger partial charge in [0.05, 0.1) is 0 Å². The predicted molar refractivity (Wildman–Crippen MR) is 102 cm³/mol.